The fourth-order valence-electron chi connectivity index (χ4n) is 3.22. The van der Waals surface area contributed by atoms with Gasteiger partial charge in [0.15, 0.2) is 5.69 Å². The highest BCUT2D eigenvalue weighted by atomic mass is 35.5. The van der Waals surface area contributed by atoms with Crippen LogP contribution in [0.5, 0.6) is 0 Å². The van der Waals surface area contributed by atoms with Gasteiger partial charge in [0.2, 0.25) is 0 Å². The number of pyridine rings is 2. The highest BCUT2D eigenvalue weighted by molar-refractivity contribution is 6.31. The zero-order chi connectivity index (χ0) is 21.5. The number of hydrogen-bond donors (Lipinski definition) is 3. The van der Waals surface area contributed by atoms with Crippen LogP contribution >= 0.6 is 11.6 Å². The Kier molecular flexibility index (Phi) is 4.98. The van der Waals surface area contributed by atoms with Gasteiger partial charge < -0.3 is 10.3 Å². The van der Waals surface area contributed by atoms with Crippen LogP contribution in [-0.2, 0) is 6.18 Å². The molecule has 6 nitrogen and oxygen atoms in total. The van der Waals surface area contributed by atoms with E-state index in [1.807, 2.05) is 0 Å². The third kappa shape index (κ3) is 3.88. The zero-order valence-corrected chi connectivity index (χ0v) is 16.3. The molecule has 0 saturated heterocycles. The summed E-state index contributed by atoms with van der Waals surface area (Å²) in [4.78, 5) is 19.4. The molecular weight excluding hydrogens is 419 g/mol. The van der Waals surface area contributed by atoms with E-state index in [4.69, 9.17) is 11.6 Å². The summed E-state index contributed by atoms with van der Waals surface area (Å²) in [5.74, 6) is 0.319. The van der Waals surface area contributed by atoms with Gasteiger partial charge in [0.25, 0.3) is 5.56 Å². The maximum Gasteiger partial charge on any atom is 0.435 e. The van der Waals surface area contributed by atoms with Crippen molar-refractivity contribution in [2.24, 2.45) is 0 Å². The van der Waals surface area contributed by atoms with Crippen LogP contribution in [0, 0.1) is 0 Å². The van der Waals surface area contributed by atoms with E-state index in [1.165, 1.54) is 24.5 Å². The Labute approximate surface area is 173 Å². The first-order valence-electron chi connectivity index (χ1n) is 8.89. The van der Waals surface area contributed by atoms with Gasteiger partial charge in [-0.25, -0.2) is 4.98 Å². The lowest BCUT2D eigenvalue weighted by Gasteiger charge is -2.15. The molecular formula is C20H15ClF3N5O. The second-order valence-electron chi connectivity index (χ2n) is 6.73. The third-order valence-corrected chi connectivity index (χ3v) is 4.88. The van der Waals surface area contributed by atoms with Gasteiger partial charge in [0.1, 0.15) is 5.82 Å². The fraction of sp³-hybridized carbons (Fsp3) is 0.150. The second kappa shape index (κ2) is 7.49. The van der Waals surface area contributed by atoms with Gasteiger partial charge >= 0.3 is 6.18 Å². The van der Waals surface area contributed by atoms with Crippen LogP contribution in [0.1, 0.15) is 24.2 Å². The van der Waals surface area contributed by atoms with Gasteiger partial charge in [0.05, 0.1) is 6.04 Å². The monoisotopic (exact) mass is 433 g/mol. The molecule has 1 aromatic carbocycles. The molecule has 1 unspecified atom stereocenters. The summed E-state index contributed by atoms with van der Waals surface area (Å²) in [6.45, 7) is 1.76. The number of nitrogens with one attached hydrogen (secondary N) is 3. The predicted molar refractivity (Wildman–Crippen MR) is 108 cm³/mol. The minimum atomic E-state index is -4.58. The van der Waals surface area contributed by atoms with Crippen LogP contribution in [0.15, 0.2) is 53.6 Å². The average Bonchev–Trinajstić information content (AvgIpc) is 3.18. The van der Waals surface area contributed by atoms with Crippen molar-refractivity contribution in [1.82, 2.24) is 20.2 Å². The van der Waals surface area contributed by atoms with E-state index < -0.39 is 17.9 Å². The lowest BCUT2D eigenvalue weighted by molar-refractivity contribution is -0.140. The molecule has 0 radical (unpaired) electrons. The molecule has 0 aliphatic rings. The number of benzene rings is 1. The van der Waals surface area contributed by atoms with Crippen LogP contribution < -0.4 is 10.9 Å². The number of aromatic amines is 2. The number of anilines is 1. The number of rotatable bonds is 4. The smallest absolute Gasteiger partial charge is 0.363 e. The normalized spacial score (nSPS) is 12.8. The Morgan fingerprint density at radius 3 is 2.73 bits per heavy atom. The molecule has 3 heterocycles. The van der Waals surface area contributed by atoms with E-state index in [1.54, 1.807) is 31.2 Å². The topological polar surface area (TPSA) is 86.5 Å². The van der Waals surface area contributed by atoms with Crippen LogP contribution in [0.25, 0.3) is 22.0 Å². The molecule has 4 aromatic rings. The van der Waals surface area contributed by atoms with Crippen LogP contribution in [0.2, 0.25) is 5.02 Å². The number of alkyl halides is 3. The van der Waals surface area contributed by atoms with Gasteiger partial charge in [-0.2, -0.15) is 18.3 Å². The quantitative estimate of drug-likeness (QED) is 0.415. The van der Waals surface area contributed by atoms with Crippen LogP contribution in [0.3, 0.4) is 0 Å². The molecule has 0 bridgehead atoms. The molecule has 0 aliphatic heterocycles. The lowest BCUT2D eigenvalue weighted by atomic mass is 10.1. The summed E-state index contributed by atoms with van der Waals surface area (Å²) in [6, 6.07) is 9.32. The molecule has 0 aliphatic carbocycles. The molecule has 154 valence electrons. The predicted octanol–water partition coefficient (Wildman–Crippen LogP) is 5.16. The number of H-pyrrole nitrogens is 2. The molecule has 4 rings (SSSR count). The molecule has 3 N–H and O–H groups in total. The minimum absolute atomic E-state index is 0.0844. The number of halogens is 4. The minimum Gasteiger partial charge on any atom is -0.363 e. The van der Waals surface area contributed by atoms with Gasteiger partial charge in [0, 0.05) is 39.4 Å². The lowest BCUT2D eigenvalue weighted by Crippen LogP contribution is -2.19. The van der Waals surface area contributed by atoms with Crippen molar-refractivity contribution >= 4 is 28.3 Å². The third-order valence-electron chi connectivity index (χ3n) is 4.65. The van der Waals surface area contributed by atoms with Crippen molar-refractivity contribution in [2.75, 3.05) is 5.32 Å². The first-order valence-corrected chi connectivity index (χ1v) is 9.26. The number of fused-ring (bicyclic) bond motifs is 1. The Balaban J connectivity index is 1.65. The summed E-state index contributed by atoms with van der Waals surface area (Å²) in [5.41, 5.74) is 0.0147. The highest BCUT2D eigenvalue weighted by Crippen LogP contribution is 2.35. The maximum absolute atomic E-state index is 13.1. The molecule has 0 fully saturated rings. The summed E-state index contributed by atoms with van der Waals surface area (Å²) in [7, 11) is 0. The zero-order valence-electron chi connectivity index (χ0n) is 15.5. The summed E-state index contributed by atoms with van der Waals surface area (Å²) < 4.78 is 39.4. The first kappa shape index (κ1) is 20.0. The molecule has 1 atom stereocenters. The van der Waals surface area contributed by atoms with E-state index in [2.05, 4.69) is 25.5 Å². The van der Waals surface area contributed by atoms with Crippen LogP contribution in [-0.4, -0.2) is 20.2 Å². The Morgan fingerprint density at radius 2 is 1.97 bits per heavy atom. The van der Waals surface area contributed by atoms with Gasteiger partial charge in [-0.15, -0.1) is 0 Å². The first-order chi connectivity index (χ1) is 14.2. The van der Waals surface area contributed by atoms with Gasteiger partial charge in [-0.3, -0.25) is 9.89 Å². The number of aromatic nitrogens is 4. The second-order valence-corrected chi connectivity index (χ2v) is 7.16. The van der Waals surface area contributed by atoms with E-state index in [9.17, 15) is 18.0 Å². The van der Waals surface area contributed by atoms with Crippen LogP contribution in [0.4, 0.5) is 19.0 Å². The Hall–Kier alpha value is -3.33. The van der Waals surface area contributed by atoms with E-state index >= 15 is 0 Å². The van der Waals surface area contributed by atoms with E-state index in [-0.39, 0.29) is 11.1 Å². The van der Waals surface area contributed by atoms with Crippen molar-refractivity contribution in [3.63, 3.8) is 0 Å². The molecule has 10 heteroatoms. The molecule has 0 saturated carbocycles. The standard InChI is InChI=1S/C20H15ClF3N5O/c1-10(14-7-12-6-13(21)2-3-16(12)28-19(14)30)27-17-8-11(4-5-25-17)15-9-26-29-18(15)20(22,23)24/h2-10H,1H3,(H,25,27)(H,26,29)(H,28,30). The highest BCUT2D eigenvalue weighted by Gasteiger charge is 2.36. The summed E-state index contributed by atoms with van der Waals surface area (Å²) in [6.07, 6.45) is -2.01. The van der Waals surface area contributed by atoms with Crippen molar-refractivity contribution in [1.29, 1.82) is 0 Å². The van der Waals surface area contributed by atoms with Gasteiger partial charge in [-0.05, 0) is 48.9 Å². The Bertz CT molecular complexity index is 1280. The molecule has 0 amide bonds. The molecule has 0 spiro atoms. The van der Waals surface area contributed by atoms with Crippen molar-refractivity contribution < 1.29 is 13.2 Å². The number of hydrogen-bond acceptors (Lipinski definition) is 4. The van der Waals surface area contributed by atoms with E-state index in [0.717, 1.165) is 5.39 Å². The average molecular weight is 434 g/mol. The molecule has 3 aromatic heterocycles. The van der Waals surface area contributed by atoms with Crippen molar-refractivity contribution in [3.05, 3.63) is 75.4 Å². The van der Waals surface area contributed by atoms with Gasteiger partial charge in [-0.1, -0.05) is 11.6 Å². The largest absolute Gasteiger partial charge is 0.435 e. The maximum atomic E-state index is 13.1. The van der Waals surface area contributed by atoms with Crippen molar-refractivity contribution in [3.8, 4) is 11.1 Å². The summed E-state index contributed by atoms with van der Waals surface area (Å²) >= 11 is 6.03. The summed E-state index contributed by atoms with van der Waals surface area (Å²) in [5, 5.41) is 9.92. The molecule has 30 heavy (non-hydrogen) atoms. The van der Waals surface area contributed by atoms with Crippen molar-refractivity contribution in [2.45, 2.75) is 19.1 Å². The fourth-order valence-corrected chi connectivity index (χ4v) is 3.40. The van der Waals surface area contributed by atoms with E-state index in [0.29, 0.717) is 27.5 Å². The SMILES string of the molecule is CC(Nc1cc(-c2c[nH]nc2C(F)(F)F)ccn1)c1cc2cc(Cl)ccc2[nH]c1=O. The number of nitrogens with zero attached hydrogens (tertiary/aromatic N) is 2. The Morgan fingerprint density at radius 1 is 1.17 bits per heavy atom.